The number of β-amino-alcohol motifs (C(OH)–C–C–N with tert-alkyl or cyclic N) is 1. The van der Waals surface area contributed by atoms with Crippen LogP contribution in [-0.2, 0) is 10.0 Å². The van der Waals surface area contributed by atoms with Gasteiger partial charge in [0.1, 0.15) is 11.6 Å². The van der Waals surface area contributed by atoms with Gasteiger partial charge >= 0.3 is 6.18 Å². The molecule has 6 rings (SSSR count). The number of rotatable bonds is 7. The third-order valence-electron chi connectivity index (χ3n) is 8.31. The molecule has 17 heteroatoms. The first kappa shape index (κ1) is 31.6. The van der Waals surface area contributed by atoms with Crippen molar-refractivity contribution >= 4 is 50.5 Å². The summed E-state index contributed by atoms with van der Waals surface area (Å²) in [7, 11) is -3.67. The standard InChI is InChI=1S/C28H34ClF3N8O4S/c1-45(43,44)35-21-6-5-18(29)12-20(21)27(42)39-7-3-2-4-23(39)22-13-25-33-24(38-15-19(41)16-38)14-26(40(25)34-22)37-10-8-36(9-11-37)17-28(30,31)32/h5-6,12-14,19,23,35,41H,2-4,7-11,15-17H2,1H3. The van der Waals surface area contributed by atoms with Crippen LogP contribution in [0.3, 0.4) is 0 Å². The molecule has 0 saturated carbocycles. The molecular formula is C28H34ClF3N8O4S. The van der Waals surface area contributed by atoms with Crippen LogP contribution in [0.5, 0.6) is 0 Å². The maximum absolute atomic E-state index is 14.0. The Kier molecular flexibility index (Phi) is 8.52. The molecule has 244 valence electrons. The zero-order valence-corrected chi connectivity index (χ0v) is 26.1. The second-order valence-corrected chi connectivity index (χ2v) is 14.0. The molecule has 0 bridgehead atoms. The highest BCUT2D eigenvalue weighted by Crippen LogP contribution is 2.35. The normalized spacial score (nSPS) is 20.5. The van der Waals surface area contributed by atoms with Gasteiger partial charge in [0.25, 0.3) is 5.91 Å². The number of halogens is 4. The molecule has 12 nitrogen and oxygen atoms in total. The summed E-state index contributed by atoms with van der Waals surface area (Å²) >= 11 is 6.22. The Bertz CT molecular complexity index is 1690. The van der Waals surface area contributed by atoms with Gasteiger partial charge in [0.2, 0.25) is 10.0 Å². The fraction of sp³-hybridized carbons (Fsp3) is 0.536. The van der Waals surface area contributed by atoms with Crippen molar-refractivity contribution in [1.82, 2.24) is 24.4 Å². The fourth-order valence-electron chi connectivity index (χ4n) is 6.16. The highest BCUT2D eigenvalue weighted by atomic mass is 35.5. The number of sulfonamides is 1. The molecule has 1 amide bonds. The van der Waals surface area contributed by atoms with E-state index in [2.05, 4.69) is 4.72 Å². The lowest BCUT2D eigenvalue weighted by Crippen LogP contribution is -2.51. The third kappa shape index (κ3) is 7.08. The monoisotopic (exact) mass is 670 g/mol. The molecule has 45 heavy (non-hydrogen) atoms. The number of hydrogen-bond acceptors (Lipinski definition) is 9. The summed E-state index contributed by atoms with van der Waals surface area (Å²) in [5.41, 5.74) is 1.35. The highest BCUT2D eigenvalue weighted by Gasteiger charge is 2.35. The molecule has 3 aromatic rings. The summed E-state index contributed by atoms with van der Waals surface area (Å²) in [5, 5.41) is 15.1. The van der Waals surface area contributed by atoms with Gasteiger partial charge in [0.05, 0.1) is 41.9 Å². The first-order chi connectivity index (χ1) is 21.2. The Labute approximate surface area is 263 Å². The minimum absolute atomic E-state index is 0.123. The number of piperidine rings is 1. The van der Waals surface area contributed by atoms with Crippen LogP contribution < -0.4 is 14.5 Å². The number of aromatic nitrogens is 3. The van der Waals surface area contributed by atoms with Crippen LogP contribution >= 0.6 is 11.6 Å². The zero-order chi connectivity index (χ0) is 32.1. The maximum atomic E-state index is 14.0. The van der Waals surface area contributed by atoms with E-state index in [1.54, 1.807) is 9.42 Å². The molecule has 2 aromatic heterocycles. The Morgan fingerprint density at radius 1 is 1.07 bits per heavy atom. The van der Waals surface area contributed by atoms with Crippen LogP contribution in [0.1, 0.15) is 41.4 Å². The van der Waals surface area contributed by atoms with E-state index in [1.165, 1.54) is 23.1 Å². The number of amides is 1. The molecule has 0 spiro atoms. The molecule has 1 unspecified atom stereocenters. The Hall–Kier alpha value is -3.34. The van der Waals surface area contributed by atoms with Crippen molar-refractivity contribution < 1.29 is 31.5 Å². The van der Waals surface area contributed by atoms with Crippen LogP contribution in [0, 0.1) is 0 Å². The smallest absolute Gasteiger partial charge is 0.389 e. The highest BCUT2D eigenvalue weighted by molar-refractivity contribution is 7.92. The number of likely N-dealkylation sites (tertiary alicyclic amines) is 1. The minimum Gasteiger partial charge on any atom is -0.389 e. The van der Waals surface area contributed by atoms with Gasteiger partial charge in [-0.3, -0.25) is 14.4 Å². The molecule has 3 aliphatic rings. The number of hydrogen-bond donors (Lipinski definition) is 2. The largest absolute Gasteiger partial charge is 0.401 e. The van der Waals surface area contributed by atoms with E-state index in [0.29, 0.717) is 62.1 Å². The molecule has 0 radical (unpaired) electrons. The SMILES string of the molecule is CS(=O)(=O)Nc1ccc(Cl)cc1C(=O)N1CCCCC1c1cc2nc(N3CC(O)C3)cc(N3CCN(CC(F)(F)F)CC3)n2n1. The number of nitrogens with one attached hydrogen (secondary N) is 1. The molecule has 3 fully saturated rings. The summed E-state index contributed by atoms with van der Waals surface area (Å²) in [4.78, 5) is 25.7. The second kappa shape index (κ2) is 12.1. The Balaban J connectivity index is 1.34. The van der Waals surface area contributed by atoms with Gasteiger partial charge in [0, 0.05) is 63.0 Å². The maximum Gasteiger partial charge on any atom is 0.401 e. The lowest BCUT2D eigenvalue weighted by molar-refractivity contribution is -0.146. The lowest BCUT2D eigenvalue weighted by atomic mass is 9.98. The van der Waals surface area contributed by atoms with Crippen molar-refractivity contribution in [3.05, 3.63) is 46.6 Å². The number of piperazine rings is 1. The number of alkyl halides is 3. The van der Waals surface area contributed by atoms with E-state index < -0.39 is 40.8 Å². The molecule has 1 aromatic carbocycles. The topological polar surface area (TPSA) is 127 Å². The van der Waals surface area contributed by atoms with Crippen molar-refractivity contribution in [3.8, 4) is 0 Å². The number of aliphatic hydroxyl groups is 1. The number of carbonyl (C=O) groups is 1. The van der Waals surface area contributed by atoms with Crippen molar-refractivity contribution in [2.45, 2.75) is 37.6 Å². The molecule has 0 aliphatic carbocycles. The van der Waals surface area contributed by atoms with E-state index in [4.69, 9.17) is 21.7 Å². The summed E-state index contributed by atoms with van der Waals surface area (Å²) in [5.74, 6) is 0.895. The van der Waals surface area contributed by atoms with E-state index in [9.17, 15) is 31.5 Å². The third-order valence-corrected chi connectivity index (χ3v) is 9.14. The van der Waals surface area contributed by atoms with E-state index in [-0.39, 0.29) is 29.4 Å². The second-order valence-electron chi connectivity index (χ2n) is 11.8. The molecule has 3 aliphatic heterocycles. The summed E-state index contributed by atoms with van der Waals surface area (Å²) in [6.07, 6.45) is -1.53. The van der Waals surface area contributed by atoms with Crippen LogP contribution in [0.25, 0.3) is 5.65 Å². The number of fused-ring (bicyclic) bond motifs is 1. The first-order valence-corrected chi connectivity index (χ1v) is 17.0. The number of nitrogens with zero attached hydrogens (tertiary/aromatic N) is 7. The number of benzene rings is 1. The molecule has 3 saturated heterocycles. The number of carbonyl (C=O) groups excluding carboxylic acids is 1. The van der Waals surface area contributed by atoms with Crippen LogP contribution in [0.15, 0.2) is 30.3 Å². The summed E-state index contributed by atoms with van der Waals surface area (Å²) < 4.78 is 67.1. The van der Waals surface area contributed by atoms with Crippen molar-refractivity contribution in [2.24, 2.45) is 0 Å². The number of aliphatic hydroxyl groups excluding tert-OH is 1. The van der Waals surface area contributed by atoms with E-state index in [1.807, 2.05) is 21.9 Å². The summed E-state index contributed by atoms with van der Waals surface area (Å²) in [6.45, 7) is 1.44. The predicted octanol–water partition coefficient (Wildman–Crippen LogP) is 2.99. The number of anilines is 3. The van der Waals surface area contributed by atoms with Crippen LogP contribution in [0.2, 0.25) is 5.02 Å². The Morgan fingerprint density at radius 3 is 2.47 bits per heavy atom. The minimum atomic E-state index is -4.27. The van der Waals surface area contributed by atoms with Gasteiger partial charge in [-0.15, -0.1) is 0 Å². The van der Waals surface area contributed by atoms with E-state index in [0.717, 1.165) is 19.1 Å². The van der Waals surface area contributed by atoms with Gasteiger partial charge < -0.3 is 19.8 Å². The van der Waals surface area contributed by atoms with Crippen molar-refractivity contribution in [2.75, 3.05) is 73.1 Å². The van der Waals surface area contributed by atoms with Gasteiger partial charge in [-0.05, 0) is 37.5 Å². The average Bonchev–Trinajstić information content (AvgIpc) is 3.39. The zero-order valence-electron chi connectivity index (χ0n) is 24.5. The first-order valence-electron chi connectivity index (χ1n) is 14.7. The molecule has 5 heterocycles. The average molecular weight is 671 g/mol. The van der Waals surface area contributed by atoms with Crippen LogP contribution in [0.4, 0.5) is 30.5 Å². The van der Waals surface area contributed by atoms with Gasteiger partial charge in [-0.25, -0.2) is 13.4 Å². The molecule has 1 atom stereocenters. The van der Waals surface area contributed by atoms with Gasteiger partial charge in [-0.1, -0.05) is 11.6 Å². The summed E-state index contributed by atoms with van der Waals surface area (Å²) in [6, 6.07) is 7.62. The molecular weight excluding hydrogens is 637 g/mol. The quantitative estimate of drug-likeness (QED) is 0.390. The lowest BCUT2D eigenvalue weighted by Gasteiger charge is -2.39. The fourth-order valence-corrected chi connectivity index (χ4v) is 6.91. The molecule has 2 N–H and O–H groups in total. The van der Waals surface area contributed by atoms with Gasteiger partial charge in [0.15, 0.2) is 5.65 Å². The van der Waals surface area contributed by atoms with E-state index >= 15 is 0 Å². The van der Waals surface area contributed by atoms with Crippen molar-refractivity contribution in [1.29, 1.82) is 0 Å². The van der Waals surface area contributed by atoms with Crippen LogP contribution in [-0.4, -0.2) is 115 Å². The van der Waals surface area contributed by atoms with Gasteiger partial charge in [-0.2, -0.15) is 22.8 Å². The predicted molar refractivity (Wildman–Crippen MR) is 163 cm³/mol. The Morgan fingerprint density at radius 2 is 1.80 bits per heavy atom. The van der Waals surface area contributed by atoms with Crippen molar-refractivity contribution in [3.63, 3.8) is 0 Å².